The Morgan fingerprint density at radius 2 is 1.95 bits per heavy atom. The van der Waals surface area contributed by atoms with E-state index in [0.717, 1.165) is 38.9 Å². The Labute approximate surface area is 137 Å². The van der Waals surface area contributed by atoms with E-state index in [1.54, 1.807) is 0 Å². The number of benzene rings is 1. The van der Waals surface area contributed by atoms with E-state index < -0.39 is 0 Å². The summed E-state index contributed by atoms with van der Waals surface area (Å²) in [5.74, 6) is 0. The van der Waals surface area contributed by atoms with Gasteiger partial charge in [-0.05, 0) is 83.2 Å². The number of nitrogens with two attached hydrogens (primary N) is 1. The predicted molar refractivity (Wildman–Crippen MR) is 93.8 cm³/mol. The standard InChI is InChI=1S/C17H28BrN3/c1-20(2)9-4-10-21(3)17(13-19)8-7-14-11-16(18)6-5-15(14)12-17/h5-6,11H,4,7-10,12-13,19H2,1-3H3. The van der Waals surface area contributed by atoms with E-state index in [0.29, 0.717) is 0 Å². The second-order valence-electron chi connectivity index (χ2n) is 6.60. The highest BCUT2D eigenvalue weighted by molar-refractivity contribution is 9.10. The molecule has 2 N–H and O–H groups in total. The molecule has 1 aromatic rings. The van der Waals surface area contributed by atoms with Gasteiger partial charge in [-0.1, -0.05) is 22.0 Å². The molecule has 1 aliphatic carbocycles. The molecule has 21 heavy (non-hydrogen) atoms. The van der Waals surface area contributed by atoms with Gasteiger partial charge in [0.05, 0.1) is 0 Å². The Balaban J connectivity index is 2.07. The summed E-state index contributed by atoms with van der Waals surface area (Å²) in [6.07, 6.45) is 4.55. The molecule has 0 aliphatic heterocycles. The first-order valence-electron chi connectivity index (χ1n) is 7.80. The van der Waals surface area contributed by atoms with Crippen LogP contribution in [0.25, 0.3) is 0 Å². The van der Waals surface area contributed by atoms with Gasteiger partial charge < -0.3 is 10.6 Å². The third-order valence-corrected chi connectivity index (χ3v) is 5.33. The minimum Gasteiger partial charge on any atom is -0.329 e. The molecule has 1 aliphatic rings. The molecular formula is C17H28BrN3. The molecule has 0 radical (unpaired) electrons. The van der Waals surface area contributed by atoms with Crippen molar-refractivity contribution in [2.45, 2.75) is 31.2 Å². The van der Waals surface area contributed by atoms with E-state index in [4.69, 9.17) is 5.73 Å². The van der Waals surface area contributed by atoms with Gasteiger partial charge in [-0.3, -0.25) is 4.90 Å². The molecule has 1 unspecified atom stereocenters. The summed E-state index contributed by atoms with van der Waals surface area (Å²) in [6, 6.07) is 6.68. The van der Waals surface area contributed by atoms with Gasteiger partial charge in [0, 0.05) is 16.6 Å². The van der Waals surface area contributed by atoms with E-state index in [9.17, 15) is 0 Å². The van der Waals surface area contributed by atoms with Gasteiger partial charge in [0.1, 0.15) is 0 Å². The van der Waals surface area contributed by atoms with Crippen molar-refractivity contribution >= 4 is 15.9 Å². The summed E-state index contributed by atoms with van der Waals surface area (Å²) in [6.45, 7) is 2.98. The van der Waals surface area contributed by atoms with Crippen LogP contribution in [0.4, 0.5) is 0 Å². The van der Waals surface area contributed by atoms with Crippen LogP contribution in [0.1, 0.15) is 24.0 Å². The second-order valence-corrected chi connectivity index (χ2v) is 7.51. The molecule has 0 aromatic heterocycles. The topological polar surface area (TPSA) is 32.5 Å². The van der Waals surface area contributed by atoms with Crippen LogP contribution < -0.4 is 5.73 Å². The van der Waals surface area contributed by atoms with Crippen LogP contribution in [-0.2, 0) is 12.8 Å². The first-order chi connectivity index (χ1) is 9.97. The molecule has 118 valence electrons. The van der Waals surface area contributed by atoms with Gasteiger partial charge in [-0.15, -0.1) is 0 Å². The quantitative estimate of drug-likeness (QED) is 0.852. The van der Waals surface area contributed by atoms with Gasteiger partial charge in [0.2, 0.25) is 0 Å². The van der Waals surface area contributed by atoms with Crippen molar-refractivity contribution in [1.29, 1.82) is 0 Å². The monoisotopic (exact) mass is 353 g/mol. The first-order valence-corrected chi connectivity index (χ1v) is 8.59. The highest BCUT2D eigenvalue weighted by Gasteiger charge is 2.36. The Bertz CT molecular complexity index is 475. The van der Waals surface area contributed by atoms with Crippen LogP contribution in [0, 0.1) is 0 Å². The number of likely N-dealkylation sites (N-methyl/N-ethyl adjacent to an activating group) is 1. The number of halogens is 1. The highest BCUT2D eigenvalue weighted by atomic mass is 79.9. The average Bonchev–Trinajstić information content (AvgIpc) is 2.46. The summed E-state index contributed by atoms with van der Waals surface area (Å²) in [5, 5.41) is 0. The molecule has 0 heterocycles. The molecule has 0 spiro atoms. The molecule has 2 rings (SSSR count). The van der Waals surface area contributed by atoms with Crippen molar-refractivity contribution in [1.82, 2.24) is 9.80 Å². The second kappa shape index (κ2) is 7.23. The van der Waals surface area contributed by atoms with E-state index >= 15 is 0 Å². The fourth-order valence-corrected chi connectivity index (χ4v) is 3.74. The van der Waals surface area contributed by atoms with Crippen LogP contribution in [0.5, 0.6) is 0 Å². The largest absolute Gasteiger partial charge is 0.329 e. The molecule has 0 saturated heterocycles. The maximum atomic E-state index is 6.20. The van der Waals surface area contributed by atoms with Crippen molar-refractivity contribution in [2.24, 2.45) is 5.73 Å². The summed E-state index contributed by atoms with van der Waals surface area (Å²) in [4.78, 5) is 4.75. The smallest absolute Gasteiger partial charge is 0.0372 e. The average molecular weight is 354 g/mol. The summed E-state index contributed by atoms with van der Waals surface area (Å²) in [7, 11) is 6.51. The fraction of sp³-hybridized carbons (Fsp3) is 0.647. The van der Waals surface area contributed by atoms with Crippen molar-refractivity contribution in [3.05, 3.63) is 33.8 Å². The van der Waals surface area contributed by atoms with Gasteiger partial charge in [0.25, 0.3) is 0 Å². The number of hydrogen-bond acceptors (Lipinski definition) is 3. The van der Waals surface area contributed by atoms with E-state index in [2.05, 4.69) is 65.1 Å². The lowest BCUT2D eigenvalue weighted by molar-refractivity contribution is 0.104. The minimum atomic E-state index is 0.132. The zero-order valence-electron chi connectivity index (χ0n) is 13.5. The molecule has 0 amide bonds. The Morgan fingerprint density at radius 1 is 1.19 bits per heavy atom. The van der Waals surface area contributed by atoms with Gasteiger partial charge in [0.15, 0.2) is 0 Å². The van der Waals surface area contributed by atoms with Crippen LogP contribution in [0.3, 0.4) is 0 Å². The normalized spacial score (nSPS) is 21.9. The third-order valence-electron chi connectivity index (χ3n) is 4.84. The number of rotatable bonds is 6. The van der Waals surface area contributed by atoms with Crippen molar-refractivity contribution in [3.63, 3.8) is 0 Å². The van der Waals surface area contributed by atoms with E-state index in [1.165, 1.54) is 22.0 Å². The molecule has 4 heteroatoms. The molecule has 1 aromatic carbocycles. The lowest BCUT2D eigenvalue weighted by Gasteiger charge is -2.45. The number of aryl methyl sites for hydroxylation is 1. The van der Waals surface area contributed by atoms with E-state index in [1.807, 2.05) is 0 Å². The summed E-state index contributed by atoms with van der Waals surface area (Å²) < 4.78 is 1.18. The van der Waals surface area contributed by atoms with Crippen molar-refractivity contribution in [3.8, 4) is 0 Å². The third kappa shape index (κ3) is 4.07. The lowest BCUT2D eigenvalue weighted by atomic mass is 9.77. The molecule has 0 saturated carbocycles. The zero-order valence-corrected chi connectivity index (χ0v) is 15.1. The van der Waals surface area contributed by atoms with Crippen molar-refractivity contribution < 1.29 is 0 Å². The molecule has 1 atom stereocenters. The highest BCUT2D eigenvalue weighted by Crippen LogP contribution is 2.33. The predicted octanol–water partition coefficient (Wildman–Crippen LogP) is 2.52. The molecule has 3 nitrogen and oxygen atoms in total. The van der Waals surface area contributed by atoms with E-state index in [-0.39, 0.29) is 5.54 Å². The zero-order chi connectivity index (χ0) is 15.5. The SMILES string of the molecule is CN(C)CCCN(C)C1(CN)CCc2cc(Br)ccc2C1. The molecule has 0 bridgehead atoms. The Morgan fingerprint density at radius 3 is 2.62 bits per heavy atom. The number of hydrogen-bond donors (Lipinski definition) is 1. The first kappa shape index (κ1) is 16.9. The van der Waals surface area contributed by atoms with Crippen LogP contribution in [0.15, 0.2) is 22.7 Å². The summed E-state index contributed by atoms with van der Waals surface area (Å²) in [5.41, 5.74) is 9.28. The van der Waals surface area contributed by atoms with Crippen LogP contribution in [-0.4, -0.2) is 56.1 Å². The maximum absolute atomic E-state index is 6.20. The molecule has 0 fully saturated rings. The number of nitrogens with zero attached hydrogens (tertiary/aromatic N) is 2. The Kier molecular flexibility index (Phi) is 5.83. The fourth-order valence-electron chi connectivity index (χ4n) is 3.33. The van der Waals surface area contributed by atoms with Crippen LogP contribution >= 0.6 is 15.9 Å². The van der Waals surface area contributed by atoms with Gasteiger partial charge in [-0.25, -0.2) is 0 Å². The Hall–Kier alpha value is -0.420. The summed E-state index contributed by atoms with van der Waals surface area (Å²) >= 11 is 3.57. The van der Waals surface area contributed by atoms with Crippen molar-refractivity contribution in [2.75, 3.05) is 40.8 Å². The van der Waals surface area contributed by atoms with Crippen LogP contribution in [0.2, 0.25) is 0 Å². The lowest BCUT2D eigenvalue weighted by Crippen LogP contribution is -2.56. The molecular weight excluding hydrogens is 326 g/mol. The van der Waals surface area contributed by atoms with Gasteiger partial charge >= 0.3 is 0 Å². The van der Waals surface area contributed by atoms with Gasteiger partial charge in [-0.2, -0.15) is 0 Å². The minimum absolute atomic E-state index is 0.132. The number of fused-ring (bicyclic) bond motifs is 1. The maximum Gasteiger partial charge on any atom is 0.0372 e.